The van der Waals surface area contributed by atoms with E-state index >= 15 is 0 Å². The molecular weight excluding hydrogens is 385 g/mol. The number of hydrogen-bond acceptors (Lipinski definition) is 3. The second-order valence-electron chi connectivity index (χ2n) is 6.69. The fraction of sp³-hybridized carbons (Fsp3) is 0.0455. The number of aryl methyl sites for hydroxylation is 1. The second-order valence-corrected chi connectivity index (χ2v) is 8.08. The third-order valence-corrected chi connectivity index (χ3v) is 6.26. The zero-order valence-electron chi connectivity index (χ0n) is 15.0. The molecule has 6 heteroatoms. The van der Waals surface area contributed by atoms with Crippen LogP contribution in [0.5, 0.6) is 5.75 Å². The lowest BCUT2D eigenvalue weighted by molar-refractivity contribution is 0.108. The highest BCUT2D eigenvalue weighted by Crippen LogP contribution is 2.39. The van der Waals surface area contributed by atoms with Crippen LogP contribution in [0.4, 0.5) is 0 Å². The monoisotopic (exact) mass is 398 g/mol. The van der Waals surface area contributed by atoms with Gasteiger partial charge in [-0.25, -0.2) is 0 Å². The molecule has 0 amide bonds. The second kappa shape index (κ2) is 6.91. The van der Waals surface area contributed by atoms with E-state index in [1.807, 2.05) is 31.2 Å². The third-order valence-electron chi connectivity index (χ3n) is 4.86. The Hall–Kier alpha value is -2.36. The number of phenolic OH excluding ortho intramolecular Hbond substituents is 1. The van der Waals surface area contributed by atoms with Crippen LogP contribution in [0.1, 0.15) is 27.0 Å². The lowest BCUT2D eigenvalue weighted by atomic mass is 9.79. The first-order valence-electron chi connectivity index (χ1n) is 8.52. The number of benzene rings is 3. The largest absolute Gasteiger partial charge is 0.509 e. The topological polar surface area (TPSA) is 37.3 Å². The van der Waals surface area contributed by atoms with Crippen LogP contribution in [0.25, 0.3) is 12.2 Å². The first-order chi connectivity index (χ1) is 13.3. The molecule has 3 aromatic rings. The molecule has 0 bridgehead atoms. The molecule has 0 saturated carbocycles. The van der Waals surface area contributed by atoms with Gasteiger partial charge in [-0.15, -0.1) is 0 Å². The van der Waals surface area contributed by atoms with E-state index in [1.54, 1.807) is 11.8 Å². The van der Waals surface area contributed by atoms with Gasteiger partial charge < -0.3 is 5.11 Å². The van der Waals surface area contributed by atoms with Gasteiger partial charge in [0, 0.05) is 15.4 Å². The molecule has 1 aliphatic rings. The lowest BCUT2D eigenvalue weighted by Crippen LogP contribution is -2.35. The summed E-state index contributed by atoms with van der Waals surface area (Å²) in [4.78, 5) is 14.0. The predicted octanol–water partition coefficient (Wildman–Crippen LogP) is 1.79. The van der Waals surface area contributed by atoms with Crippen molar-refractivity contribution in [3.05, 3.63) is 75.2 Å². The standard InChI is InChI=1S/C22H13B2ClO2S/c1-10-3-5-12-16(9-10)28-21-13(6-4-11(2)19(21)23)17(12)18-14(22(25)27)7-8-15(26)20(18)24/h3-9,26H,2H2,1H3. The van der Waals surface area contributed by atoms with Crippen molar-refractivity contribution in [2.24, 2.45) is 0 Å². The van der Waals surface area contributed by atoms with Crippen molar-refractivity contribution >= 4 is 67.4 Å². The van der Waals surface area contributed by atoms with E-state index in [0.29, 0.717) is 16.6 Å². The minimum Gasteiger partial charge on any atom is -0.509 e. The van der Waals surface area contributed by atoms with E-state index in [4.69, 9.17) is 27.3 Å². The van der Waals surface area contributed by atoms with Crippen LogP contribution in [0.15, 0.2) is 52.3 Å². The van der Waals surface area contributed by atoms with E-state index < -0.39 is 5.24 Å². The van der Waals surface area contributed by atoms with Gasteiger partial charge in [-0.05, 0) is 74.9 Å². The minimum atomic E-state index is -0.649. The molecule has 2 nitrogen and oxygen atoms in total. The maximum absolute atomic E-state index is 12.1. The molecule has 1 N–H and O–H groups in total. The Balaban J connectivity index is 2.26. The van der Waals surface area contributed by atoms with Gasteiger partial charge in [-0.3, -0.25) is 4.79 Å². The average molecular weight is 398 g/mol. The molecule has 0 fully saturated rings. The van der Waals surface area contributed by atoms with Crippen molar-refractivity contribution < 1.29 is 9.90 Å². The van der Waals surface area contributed by atoms with Crippen LogP contribution in [0.3, 0.4) is 0 Å². The molecule has 1 aliphatic heterocycles. The number of phenols is 1. The summed E-state index contributed by atoms with van der Waals surface area (Å²) >= 11 is 7.41. The molecule has 1 heterocycles. The van der Waals surface area contributed by atoms with E-state index in [1.165, 1.54) is 12.1 Å². The summed E-state index contributed by atoms with van der Waals surface area (Å²) in [5, 5.41) is 11.1. The van der Waals surface area contributed by atoms with Crippen LogP contribution >= 0.6 is 23.4 Å². The van der Waals surface area contributed by atoms with Gasteiger partial charge in [0.05, 0.1) is 0 Å². The van der Waals surface area contributed by atoms with Crippen LogP contribution in [0, 0.1) is 6.92 Å². The summed E-state index contributed by atoms with van der Waals surface area (Å²) in [7, 11) is 12.6. The molecule has 0 spiro atoms. The summed E-state index contributed by atoms with van der Waals surface area (Å²) in [6.07, 6.45) is 0. The summed E-state index contributed by atoms with van der Waals surface area (Å²) < 4.78 is 0. The molecule has 0 aromatic heterocycles. The normalized spacial score (nSPS) is 12.4. The summed E-state index contributed by atoms with van der Waals surface area (Å²) in [5.74, 6) is -0.112. The highest BCUT2D eigenvalue weighted by Gasteiger charge is 2.25. The van der Waals surface area contributed by atoms with E-state index in [-0.39, 0.29) is 16.8 Å². The number of rotatable bonds is 2. The van der Waals surface area contributed by atoms with Gasteiger partial charge in [-0.1, -0.05) is 48.1 Å². The van der Waals surface area contributed by atoms with Crippen molar-refractivity contribution in [1.29, 1.82) is 0 Å². The van der Waals surface area contributed by atoms with Crippen LogP contribution in [-0.4, -0.2) is 26.0 Å². The number of carbonyl (C=O) groups excluding carboxylic acids is 1. The highest BCUT2D eigenvalue weighted by molar-refractivity contribution is 7.99. The Bertz CT molecular complexity index is 1280. The van der Waals surface area contributed by atoms with Gasteiger partial charge in [0.25, 0.3) is 5.24 Å². The maximum atomic E-state index is 12.1. The van der Waals surface area contributed by atoms with Crippen LogP contribution < -0.4 is 21.4 Å². The van der Waals surface area contributed by atoms with Crippen molar-refractivity contribution in [2.45, 2.75) is 16.7 Å². The Morgan fingerprint density at radius 3 is 2.57 bits per heavy atom. The number of carbonyl (C=O) groups is 1. The number of aromatic hydroxyl groups is 1. The van der Waals surface area contributed by atoms with Gasteiger partial charge in [0.1, 0.15) is 21.4 Å². The third kappa shape index (κ3) is 2.90. The van der Waals surface area contributed by atoms with Gasteiger partial charge >= 0.3 is 0 Å². The van der Waals surface area contributed by atoms with Crippen molar-refractivity contribution in [3.63, 3.8) is 0 Å². The predicted molar refractivity (Wildman–Crippen MR) is 117 cm³/mol. The van der Waals surface area contributed by atoms with E-state index in [0.717, 1.165) is 31.4 Å². The van der Waals surface area contributed by atoms with Gasteiger partial charge in [0.15, 0.2) is 0 Å². The first kappa shape index (κ1) is 19.0. The van der Waals surface area contributed by atoms with Crippen LogP contribution in [-0.2, 0) is 0 Å². The number of halogens is 1. The van der Waals surface area contributed by atoms with E-state index in [2.05, 4.69) is 12.6 Å². The molecular formula is C22H13B2ClO2S. The molecule has 132 valence electrons. The molecule has 0 atom stereocenters. The van der Waals surface area contributed by atoms with Crippen molar-refractivity contribution in [2.75, 3.05) is 0 Å². The van der Waals surface area contributed by atoms with Crippen LogP contribution in [0.2, 0.25) is 0 Å². The molecule has 28 heavy (non-hydrogen) atoms. The molecule has 4 radical (unpaired) electrons. The number of hydrogen-bond donors (Lipinski definition) is 1. The minimum absolute atomic E-state index is 0.100. The number of fused-ring (bicyclic) bond motifs is 2. The molecule has 0 saturated heterocycles. The maximum Gasteiger partial charge on any atom is 0.252 e. The quantitative estimate of drug-likeness (QED) is 0.413. The zero-order valence-corrected chi connectivity index (χ0v) is 16.6. The average Bonchev–Trinajstić information content (AvgIpc) is 2.65. The molecule has 4 rings (SSSR count). The Labute approximate surface area is 174 Å². The molecule has 0 unspecified atom stereocenters. The van der Waals surface area contributed by atoms with Crippen molar-refractivity contribution in [1.82, 2.24) is 0 Å². The lowest BCUT2D eigenvalue weighted by Gasteiger charge is -2.25. The van der Waals surface area contributed by atoms with Crippen molar-refractivity contribution in [3.8, 4) is 5.75 Å². The smallest absolute Gasteiger partial charge is 0.252 e. The fourth-order valence-corrected chi connectivity index (χ4v) is 4.86. The van der Waals surface area contributed by atoms with Gasteiger partial charge in [-0.2, -0.15) is 0 Å². The Morgan fingerprint density at radius 2 is 1.86 bits per heavy atom. The Morgan fingerprint density at radius 1 is 1.11 bits per heavy atom. The zero-order chi connectivity index (χ0) is 20.2. The van der Waals surface area contributed by atoms with E-state index in [9.17, 15) is 9.90 Å². The molecule has 0 aliphatic carbocycles. The summed E-state index contributed by atoms with van der Waals surface area (Å²) in [6.45, 7) is 6.00. The molecule has 3 aromatic carbocycles. The fourth-order valence-electron chi connectivity index (χ4n) is 3.43. The SMILES string of the molecule is [B]c1c(O)ccc(C(=O)Cl)c1C1=c2ccc(=C)c([B])c2Sc2cc(C)ccc21. The summed E-state index contributed by atoms with van der Waals surface area (Å²) in [5.41, 5.74) is 4.02. The van der Waals surface area contributed by atoms with Gasteiger partial charge in [0.2, 0.25) is 0 Å². The Kier molecular flexibility index (Phi) is 4.68. The highest BCUT2D eigenvalue weighted by atomic mass is 35.5. The first-order valence-corrected chi connectivity index (χ1v) is 9.71. The summed E-state index contributed by atoms with van der Waals surface area (Å²) in [6, 6.07) is 12.6.